The highest BCUT2D eigenvalue weighted by Gasteiger charge is 2.32. The Balaban J connectivity index is 1.43. The van der Waals surface area contributed by atoms with Gasteiger partial charge in [-0.05, 0) is 38.0 Å². The highest BCUT2D eigenvalue weighted by molar-refractivity contribution is 7.13. The fourth-order valence-corrected chi connectivity index (χ4v) is 4.09. The van der Waals surface area contributed by atoms with Gasteiger partial charge in [0.15, 0.2) is 0 Å². The molecule has 32 heavy (non-hydrogen) atoms. The highest BCUT2D eigenvalue weighted by atomic mass is 32.1. The minimum absolute atomic E-state index is 0.151. The largest absolute Gasteiger partial charge is 0.416 e. The molecule has 12 heteroatoms. The van der Waals surface area contributed by atoms with Crippen molar-refractivity contribution in [3.8, 4) is 5.69 Å². The van der Waals surface area contributed by atoms with E-state index in [-0.39, 0.29) is 23.4 Å². The highest BCUT2D eigenvalue weighted by Crippen LogP contribution is 2.31. The van der Waals surface area contributed by atoms with E-state index in [0.717, 1.165) is 12.1 Å². The number of amides is 2. The molecule has 1 saturated heterocycles. The number of likely N-dealkylation sites (tertiary alicyclic amines) is 1. The molecule has 1 fully saturated rings. The molecule has 2 amide bonds. The topological polar surface area (TPSA) is 93.0 Å². The number of piperidine rings is 1. The number of nitrogens with zero attached hydrogens (tertiary/aromatic N) is 5. The Hall–Kier alpha value is -3.28. The van der Waals surface area contributed by atoms with Crippen LogP contribution >= 0.6 is 11.3 Å². The van der Waals surface area contributed by atoms with Gasteiger partial charge in [-0.3, -0.25) is 9.59 Å². The summed E-state index contributed by atoms with van der Waals surface area (Å²) >= 11 is 1.23. The third-order valence-corrected chi connectivity index (χ3v) is 6.01. The van der Waals surface area contributed by atoms with Crippen LogP contribution in [-0.2, 0) is 11.0 Å². The molecule has 0 spiro atoms. The van der Waals surface area contributed by atoms with Crippen LogP contribution < -0.4 is 5.32 Å². The Morgan fingerprint density at radius 3 is 2.62 bits per heavy atom. The van der Waals surface area contributed by atoms with E-state index < -0.39 is 11.7 Å². The number of rotatable bonds is 4. The van der Waals surface area contributed by atoms with Gasteiger partial charge in [-0.1, -0.05) is 17.4 Å². The van der Waals surface area contributed by atoms with Gasteiger partial charge in [0.2, 0.25) is 11.0 Å². The molecule has 0 bridgehead atoms. The van der Waals surface area contributed by atoms with Crippen LogP contribution in [-0.4, -0.2) is 49.8 Å². The Morgan fingerprint density at radius 2 is 1.97 bits per heavy atom. The van der Waals surface area contributed by atoms with E-state index >= 15 is 0 Å². The molecule has 3 aromatic rings. The lowest BCUT2D eigenvalue weighted by atomic mass is 9.95. The maximum absolute atomic E-state index is 13.0. The second-order valence-corrected chi connectivity index (χ2v) is 8.24. The van der Waals surface area contributed by atoms with Crippen molar-refractivity contribution in [1.82, 2.24) is 24.9 Å². The van der Waals surface area contributed by atoms with E-state index in [1.807, 2.05) is 0 Å². The quantitative estimate of drug-likeness (QED) is 0.638. The number of benzene rings is 1. The zero-order valence-corrected chi connectivity index (χ0v) is 17.8. The number of nitrogens with one attached hydrogen (secondary N) is 1. The first-order valence-corrected chi connectivity index (χ1v) is 10.7. The number of alkyl halides is 3. The molecule has 2 aromatic heterocycles. The average molecular weight is 464 g/mol. The van der Waals surface area contributed by atoms with Gasteiger partial charge in [-0.2, -0.15) is 18.3 Å². The second kappa shape index (κ2) is 8.69. The van der Waals surface area contributed by atoms with E-state index in [2.05, 4.69) is 20.6 Å². The SMILES string of the molecule is Cc1c(C(=O)N2CCC(C(=O)Nc3nncs3)CC2)cnn1-c1cccc(C(F)(F)F)c1. The first-order chi connectivity index (χ1) is 15.2. The van der Waals surface area contributed by atoms with Crippen molar-refractivity contribution in [2.75, 3.05) is 18.4 Å². The zero-order valence-electron chi connectivity index (χ0n) is 17.0. The van der Waals surface area contributed by atoms with Gasteiger partial charge in [0, 0.05) is 19.0 Å². The van der Waals surface area contributed by atoms with Gasteiger partial charge in [-0.15, -0.1) is 10.2 Å². The van der Waals surface area contributed by atoms with Crippen molar-refractivity contribution < 1.29 is 22.8 Å². The summed E-state index contributed by atoms with van der Waals surface area (Å²) in [4.78, 5) is 27.0. The van der Waals surface area contributed by atoms with Crippen LogP contribution in [0.4, 0.5) is 18.3 Å². The number of carbonyl (C=O) groups is 2. The molecule has 168 valence electrons. The normalized spacial score (nSPS) is 15.1. The molecule has 1 aromatic carbocycles. The fourth-order valence-electron chi connectivity index (χ4n) is 3.64. The van der Waals surface area contributed by atoms with Crippen molar-refractivity contribution in [3.05, 3.63) is 52.8 Å². The van der Waals surface area contributed by atoms with Gasteiger partial charge >= 0.3 is 6.18 Å². The number of halogens is 3. The molecule has 1 N–H and O–H groups in total. The van der Waals surface area contributed by atoms with Crippen molar-refractivity contribution in [1.29, 1.82) is 0 Å². The van der Waals surface area contributed by atoms with Gasteiger partial charge < -0.3 is 10.2 Å². The molecule has 1 aliphatic rings. The maximum Gasteiger partial charge on any atom is 0.416 e. The summed E-state index contributed by atoms with van der Waals surface area (Å²) in [6, 6.07) is 4.79. The predicted molar refractivity (Wildman–Crippen MR) is 110 cm³/mol. The minimum atomic E-state index is -4.47. The lowest BCUT2D eigenvalue weighted by Crippen LogP contribution is -2.41. The van der Waals surface area contributed by atoms with Crippen LogP contribution in [0.3, 0.4) is 0 Å². The Bertz CT molecular complexity index is 1120. The third-order valence-electron chi connectivity index (χ3n) is 5.40. The van der Waals surface area contributed by atoms with Crippen LogP contribution in [0.5, 0.6) is 0 Å². The van der Waals surface area contributed by atoms with Crippen LogP contribution in [0.1, 0.15) is 34.5 Å². The minimum Gasteiger partial charge on any atom is -0.338 e. The third kappa shape index (κ3) is 4.49. The van der Waals surface area contributed by atoms with Crippen LogP contribution in [0.15, 0.2) is 36.0 Å². The Kier molecular flexibility index (Phi) is 5.96. The van der Waals surface area contributed by atoms with E-state index in [1.165, 1.54) is 39.9 Å². The summed E-state index contributed by atoms with van der Waals surface area (Å²) in [7, 11) is 0. The summed E-state index contributed by atoms with van der Waals surface area (Å²) < 4.78 is 40.4. The molecular formula is C20H19F3N6O2S. The van der Waals surface area contributed by atoms with Crippen LogP contribution in [0.25, 0.3) is 5.69 Å². The van der Waals surface area contributed by atoms with E-state index in [1.54, 1.807) is 11.8 Å². The summed E-state index contributed by atoms with van der Waals surface area (Å²) in [6.45, 7) is 2.42. The second-order valence-electron chi connectivity index (χ2n) is 7.40. The molecule has 4 rings (SSSR count). The molecule has 0 unspecified atom stereocenters. The number of anilines is 1. The molecular weight excluding hydrogens is 445 g/mol. The molecule has 0 saturated carbocycles. The van der Waals surface area contributed by atoms with Gasteiger partial charge in [0.05, 0.1) is 28.7 Å². The number of hydrogen-bond donors (Lipinski definition) is 1. The summed E-state index contributed by atoms with van der Waals surface area (Å²) in [5.74, 6) is -0.650. The number of aromatic nitrogens is 4. The Morgan fingerprint density at radius 1 is 1.22 bits per heavy atom. The first kappa shape index (κ1) is 21.9. The summed E-state index contributed by atoms with van der Waals surface area (Å²) in [6.07, 6.45) is -2.11. The maximum atomic E-state index is 13.0. The van der Waals surface area contributed by atoms with Gasteiger partial charge in [0.1, 0.15) is 5.51 Å². The Labute approximate surface area is 185 Å². The summed E-state index contributed by atoms with van der Waals surface area (Å²) in [5, 5.41) is 14.8. The predicted octanol–water partition coefficient (Wildman–Crippen LogP) is 3.54. The molecule has 1 aliphatic heterocycles. The van der Waals surface area contributed by atoms with Gasteiger partial charge in [0.25, 0.3) is 5.91 Å². The van der Waals surface area contributed by atoms with E-state index in [9.17, 15) is 22.8 Å². The summed E-state index contributed by atoms with van der Waals surface area (Å²) in [5.41, 5.74) is 1.73. The number of hydrogen-bond acceptors (Lipinski definition) is 6. The molecule has 3 heterocycles. The molecule has 0 aliphatic carbocycles. The smallest absolute Gasteiger partial charge is 0.338 e. The lowest BCUT2D eigenvalue weighted by molar-refractivity contribution is -0.137. The number of carbonyl (C=O) groups excluding carboxylic acids is 2. The van der Waals surface area contributed by atoms with E-state index in [0.29, 0.717) is 42.3 Å². The molecule has 8 nitrogen and oxygen atoms in total. The van der Waals surface area contributed by atoms with Crippen LogP contribution in [0.2, 0.25) is 0 Å². The van der Waals surface area contributed by atoms with Crippen molar-refractivity contribution >= 4 is 28.3 Å². The molecule has 0 radical (unpaired) electrons. The lowest BCUT2D eigenvalue weighted by Gasteiger charge is -2.31. The van der Waals surface area contributed by atoms with Crippen molar-refractivity contribution in [2.45, 2.75) is 25.9 Å². The van der Waals surface area contributed by atoms with Gasteiger partial charge in [-0.25, -0.2) is 4.68 Å². The average Bonchev–Trinajstić information content (AvgIpc) is 3.42. The van der Waals surface area contributed by atoms with Crippen molar-refractivity contribution in [3.63, 3.8) is 0 Å². The van der Waals surface area contributed by atoms with Crippen LogP contribution in [0, 0.1) is 12.8 Å². The van der Waals surface area contributed by atoms with Crippen molar-refractivity contribution in [2.24, 2.45) is 5.92 Å². The molecule has 0 atom stereocenters. The standard InChI is InChI=1S/C20H19F3N6O2S/c1-12-16(10-25-29(12)15-4-2-3-14(9-15)20(21,22)23)18(31)28-7-5-13(6-8-28)17(30)26-19-27-24-11-32-19/h2-4,9-11,13H,5-8H2,1H3,(H,26,27,30). The zero-order chi connectivity index (χ0) is 22.9. The van der Waals surface area contributed by atoms with E-state index in [4.69, 9.17) is 0 Å². The first-order valence-electron chi connectivity index (χ1n) is 9.82. The fraction of sp³-hybridized carbons (Fsp3) is 0.350. The monoisotopic (exact) mass is 464 g/mol.